The van der Waals surface area contributed by atoms with E-state index >= 15 is 0 Å². The van der Waals surface area contributed by atoms with Crippen molar-refractivity contribution in [1.82, 2.24) is 5.32 Å². The van der Waals surface area contributed by atoms with Crippen LogP contribution in [-0.2, 0) is 11.0 Å². The third-order valence-electron chi connectivity index (χ3n) is 3.70. The highest BCUT2D eigenvalue weighted by Crippen LogP contribution is 2.37. The van der Waals surface area contributed by atoms with Crippen molar-refractivity contribution >= 4 is 5.91 Å². The summed E-state index contributed by atoms with van der Waals surface area (Å²) in [6, 6.07) is 5.43. The van der Waals surface area contributed by atoms with Crippen LogP contribution in [0.25, 0.3) is 0 Å². The molecule has 6 heteroatoms. The largest absolute Gasteiger partial charge is 0.416 e. The number of primary amides is 1. The highest BCUT2D eigenvalue weighted by molar-refractivity contribution is 5.75. The molecule has 1 aliphatic carbocycles. The minimum atomic E-state index is -4.33. The van der Waals surface area contributed by atoms with Gasteiger partial charge in [-0.2, -0.15) is 13.2 Å². The van der Waals surface area contributed by atoms with Gasteiger partial charge in [-0.1, -0.05) is 24.6 Å². The normalized spacial score (nSPS) is 22.9. The number of alkyl halides is 3. The minimum Gasteiger partial charge on any atom is -0.369 e. The van der Waals surface area contributed by atoms with Crippen molar-refractivity contribution in [2.24, 2.45) is 5.73 Å². The average molecular weight is 286 g/mol. The number of carbonyl (C=O) groups excluding carboxylic acids is 1. The van der Waals surface area contributed by atoms with Gasteiger partial charge in [0.05, 0.1) is 12.1 Å². The number of amides is 1. The molecule has 1 saturated carbocycles. The first kappa shape index (κ1) is 14.8. The third-order valence-corrected chi connectivity index (χ3v) is 3.70. The first-order valence-corrected chi connectivity index (χ1v) is 6.57. The van der Waals surface area contributed by atoms with Gasteiger partial charge in [-0.15, -0.1) is 0 Å². The second-order valence-corrected chi connectivity index (χ2v) is 5.11. The molecule has 1 aliphatic rings. The highest BCUT2D eigenvalue weighted by Gasteiger charge is 2.33. The summed E-state index contributed by atoms with van der Waals surface area (Å²) < 4.78 is 38.2. The van der Waals surface area contributed by atoms with Crippen molar-refractivity contribution in [3.63, 3.8) is 0 Å². The molecule has 2 rings (SSSR count). The Bertz CT molecular complexity index is 488. The molecule has 20 heavy (non-hydrogen) atoms. The molecule has 0 aromatic heterocycles. The summed E-state index contributed by atoms with van der Waals surface area (Å²) in [5.74, 6) is -0.462. The molecule has 1 aromatic rings. The topological polar surface area (TPSA) is 55.1 Å². The van der Waals surface area contributed by atoms with Crippen molar-refractivity contribution in [3.8, 4) is 0 Å². The molecular weight excluding hydrogens is 269 g/mol. The van der Waals surface area contributed by atoms with Crippen molar-refractivity contribution in [2.45, 2.75) is 37.4 Å². The maximum atomic E-state index is 12.7. The van der Waals surface area contributed by atoms with Crippen LogP contribution < -0.4 is 11.1 Å². The molecule has 0 heterocycles. The van der Waals surface area contributed by atoms with Gasteiger partial charge in [-0.25, -0.2) is 0 Å². The molecule has 0 spiro atoms. The van der Waals surface area contributed by atoms with E-state index in [4.69, 9.17) is 5.73 Å². The summed E-state index contributed by atoms with van der Waals surface area (Å²) in [4.78, 5) is 10.8. The molecular formula is C14H17F3N2O. The fraction of sp³-hybridized carbons (Fsp3) is 0.500. The summed E-state index contributed by atoms with van der Waals surface area (Å²) in [5.41, 5.74) is 5.12. The summed E-state index contributed by atoms with van der Waals surface area (Å²) >= 11 is 0. The summed E-state index contributed by atoms with van der Waals surface area (Å²) in [6.45, 7) is 0.0557. The second-order valence-electron chi connectivity index (χ2n) is 5.11. The van der Waals surface area contributed by atoms with E-state index in [9.17, 15) is 18.0 Å². The fourth-order valence-electron chi connectivity index (χ4n) is 2.78. The molecule has 0 bridgehead atoms. The summed E-state index contributed by atoms with van der Waals surface area (Å²) in [7, 11) is 0. The van der Waals surface area contributed by atoms with Crippen LogP contribution in [0.3, 0.4) is 0 Å². The molecule has 3 nitrogen and oxygen atoms in total. The van der Waals surface area contributed by atoms with E-state index in [1.165, 1.54) is 12.1 Å². The van der Waals surface area contributed by atoms with E-state index in [1.807, 2.05) is 0 Å². The molecule has 1 fully saturated rings. The Labute approximate surface area is 115 Å². The lowest BCUT2D eigenvalue weighted by Gasteiger charge is -2.21. The predicted octanol–water partition coefficient (Wildman–Crippen LogP) is 2.42. The van der Waals surface area contributed by atoms with E-state index in [0.29, 0.717) is 5.56 Å². The van der Waals surface area contributed by atoms with Gasteiger partial charge in [0.2, 0.25) is 5.91 Å². The minimum absolute atomic E-state index is 0.00310. The van der Waals surface area contributed by atoms with Gasteiger partial charge >= 0.3 is 6.18 Å². The van der Waals surface area contributed by atoms with Crippen LogP contribution in [-0.4, -0.2) is 18.5 Å². The average Bonchev–Trinajstić information content (AvgIpc) is 2.83. The molecule has 2 atom stereocenters. The first-order valence-electron chi connectivity index (χ1n) is 6.57. The van der Waals surface area contributed by atoms with Crippen molar-refractivity contribution < 1.29 is 18.0 Å². The van der Waals surface area contributed by atoms with Gasteiger partial charge in [-0.05, 0) is 30.4 Å². The van der Waals surface area contributed by atoms with Gasteiger partial charge in [0.25, 0.3) is 0 Å². The smallest absolute Gasteiger partial charge is 0.369 e. The Kier molecular flexibility index (Phi) is 4.32. The van der Waals surface area contributed by atoms with Crippen LogP contribution in [0.1, 0.15) is 36.3 Å². The van der Waals surface area contributed by atoms with Crippen LogP contribution in [0.4, 0.5) is 13.2 Å². The maximum absolute atomic E-state index is 12.7. The van der Waals surface area contributed by atoms with E-state index in [-0.39, 0.29) is 18.5 Å². The van der Waals surface area contributed by atoms with Crippen LogP contribution in [0, 0.1) is 0 Å². The zero-order valence-corrected chi connectivity index (χ0v) is 10.9. The molecule has 0 aliphatic heterocycles. The lowest BCUT2D eigenvalue weighted by Crippen LogP contribution is -2.37. The van der Waals surface area contributed by atoms with Crippen LogP contribution >= 0.6 is 0 Å². The van der Waals surface area contributed by atoms with E-state index in [2.05, 4.69) is 5.32 Å². The number of hydrogen-bond acceptors (Lipinski definition) is 2. The quantitative estimate of drug-likeness (QED) is 0.893. The van der Waals surface area contributed by atoms with Crippen molar-refractivity contribution in [1.29, 1.82) is 0 Å². The molecule has 2 unspecified atom stereocenters. The molecule has 1 amide bonds. The van der Waals surface area contributed by atoms with Gasteiger partial charge in [0, 0.05) is 6.04 Å². The Hall–Kier alpha value is -1.56. The third kappa shape index (κ3) is 3.50. The Morgan fingerprint density at radius 1 is 1.35 bits per heavy atom. The zero-order valence-electron chi connectivity index (χ0n) is 10.9. The molecule has 0 radical (unpaired) electrons. The fourth-order valence-corrected chi connectivity index (χ4v) is 2.78. The molecule has 110 valence electrons. The van der Waals surface area contributed by atoms with E-state index in [1.54, 1.807) is 6.07 Å². The molecule has 1 aromatic carbocycles. The van der Waals surface area contributed by atoms with Crippen molar-refractivity contribution in [2.75, 3.05) is 6.54 Å². The number of benzene rings is 1. The number of nitrogens with one attached hydrogen (secondary N) is 1. The molecule has 3 N–H and O–H groups in total. The number of carbonyl (C=O) groups is 1. The van der Waals surface area contributed by atoms with Crippen LogP contribution in [0.5, 0.6) is 0 Å². The van der Waals surface area contributed by atoms with Gasteiger partial charge < -0.3 is 11.1 Å². The maximum Gasteiger partial charge on any atom is 0.416 e. The lowest BCUT2D eigenvalue weighted by molar-refractivity contribution is -0.137. The first-order chi connectivity index (χ1) is 9.38. The second kappa shape index (κ2) is 5.83. The predicted molar refractivity (Wildman–Crippen MR) is 69.0 cm³/mol. The van der Waals surface area contributed by atoms with Gasteiger partial charge in [0.1, 0.15) is 0 Å². The number of rotatable bonds is 4. The Morgan fingerprint density at radius 3 is 2.75 bits per heavy atom. The van der Waals surface area contributed by atoms with Crippen molar-refractivity contribution in [3.05, 3.63) is 35.4 Å². The van der Waals surface area contributed by atoms with Crippen LogP contribution in [0.15, 0.2) is 24.3 Å². The monoisotopic (exact) mass is 286 g/mol. The Balaban J connectivity index is 2.15. The highest BCUT2D eigenvalue weighted by atomic mass is 19.4. The van der Waals surface area contributed by atoms with Gasteiger partial charge in [-0.3, -0.25) is 4.79 Å². The Morgan fingerprint density at radius 2 is 2.10 bits per heavy atom. The standard InChI is InChI=1S/C14H17F3N2O/c15-14(16,17)10-4-1-3-9(7-10)11-5-2-6-12(11)19-8-13(18)20/h1,3-4,7,11-12,19H,2,5-6,8H2,(H2,18,20). The van der Waals surface area contributed by atoms with E-state index < -0.39 is 17.6 Å². The number of nitrogens with two attached hydrogens (primary N) is 1. The number of hydrogen-bond donors (Lipinski definition) is 2. The SMILES string of the molecule is NC(=O)CNC1CCCC1c1cccc(C(F)(F)F)c1. The molecule has 0 saturated heterocycles. The summed E-state index contributed by atoms with van der Waals surface area (Å²) in [5, 5.41) is 3.03. The number of halogens is 3. The zero-order chi connectivity index (χ0) is 14.8. The lowest BCUT2D eigenvalue weighted by atomic mass is 9.92. The van der Waals surface area contributed by atoms with Crippen LogP contribution in [0.2, 0.25) is 0 Å². The summed E-state index contributed by atoms with van der Waals surface area (Å²) in [6.07, 6.45) is -1.74. The van der Waals surface area contributed by atoms with Gasteiger partial charge in [0.15, 0.2) is 0 Å². The van der Waals surface area contributed by atoms with E-state index in [0.717, 1.165) is 25.3 Å².